The second-order valence-corrected chi connectivity index (χ2v) is 21.8. The van der Waals surface area contributed by atoms with Crippen LogP contribution in [-0.2, 0) is 38.3 Å². The molecule has 0 radical (unpaired) electrons. The summed E-state index contributed by atoms with van der Waals surface area (Å²) in [5, 5.41) is 0.773. The molecule has 4 aromatic heterocycles. The molecule has 13 rings (SSSR count). The molecule has 0 aliphatic carbocycles. The van der Waals surface area contributed by atoms with Gasteiger partial charge in [0.1, 0.15) is 5.82 Å². The fourth-order valence-electron chi connectivity index (χ4n) is 10.5. The second-order valence-electron chi connectivity index (χ2n) is 21.8. The molecular weight excluding hydrogens is 1150 g/mol. The van der Waals surface area contributed by atoms with Gasteiger partial charge < -0.3 is 18.4 Å². The van der Waals surface area contributed by atoms with Crippen LogP contribution >= 0.6 is 0 Å². The van der Waals surface area contributed by atoms with Crippen LogP contribution in [0.5, 0.6) is 11.5 Å². The molecule has 9 aromatic carbocycles. The zero-order chi connectivity index (χ0) is 66.6. The van der Waals surface area contributed by atoms with Crippen LogP contribution in [0.15, 0.2) is 206 Å². The van der Waals surface area contributed by atoms with Gasteiger partial charge in [-0.1, -0.05) is 212 Å². The Morgan fingerprint density at radius 1 is 0.595 bits per heavy atom. The summed E-state index contributed by atoms with van der Waals surface area (Å²) in [6, 6.07) is 37.5. The van der Waals surface area contributed by atoms with Gasteiger partial charge in [0.2, 0.25) is 0 Å². The van der Waals surface area contributed by atoms with Gasteiger partial charge in [0.05, 0.1) is 45.6 Å². The van der Waals surface area contributed by atoms with Gasteiger partial charge in [0, 0.05) is 57.8 Å². The third-order valence-corrected chi connectivity index (χ3v) is 14.1. The van der Waals surface area contributed by atoms with Crippen molar-refractivity contribution in [3.8, 4) is 56.6 Å². The van der Waals surface area contributed by atoms with Gasteiger partial charge in [-0.2, -0.15) is 12.1 Å². The molecule has 0 saturated heterocycles. The smallest absolute Gasteiger partial charge is 0.268 e. The van der Waals surface area contributed by atoms with Crippen LogP contribution in [0.2, 0.25) is 0 Å². The van der Waals surface area contributed by atoms with Crippen LogP contribution in [-0.4, -0.2) is 18.7 Å². The summed E-state index contributed by atoms with van der Waals surface area (Å²) < 4.78 is 150. The zero-order valence-electron chi connectivity index (χ0n) is 59.7. The van der Waals surface area contributed by atoms with Crippen LogP contribution in [0.25, 0.3) is 99.8 Å². The second kappa shape index (κ2) is 20.2. The monoisotopic (exact) mass is 1220 g/mol. The van der Waals surface area contributed by atoms with Crippen molar-refractivity contribution < 1.29 is 50.9 Å². The molecule has 13 aromatic rings. The van der Waals surface area contributed by atoms with Crippen molar-refractivity contribution in [3.05, 3.63) is 241 Å². The van der Waals surface area contributed by atoms with Crippen molar-refractivity contribution in [3.63, 3.8) is 0 Å². The Balaban J connectivity index is 0.00000848. The molecule has 392 valence electrons. The minimum absolute atomic E-state index is 0. The van der Waals surface area contributed by atoms with Crippen LogP contribution in [0.4, 0.5) is 0 Å². The molecule has 0 atom stereocenters. The Labute approximate surface area is 498 Å². The van der Waals surface area contributed by atoms with E-state index in [0.717, 1.165) is 16.7 Å². The molecule has 6 nitrogen and oxygen atoms in total. The number of benzene rings is 9. The maximum Gasteiger partial charge on any atom is 0.268 e. The molecule has 0 fully saturated rings. The van der Waals surface area contributed by atoms with Crippen molar-refractivity contribution in [2.75, 3.05) is 0 Å². The van der Waals surface area contributed by atoms with Gasteiger partial charge in [-0.25, -0.2) is 4.98 Å². The Kier molecular flexibility index (Phi) is 9.37. The third kappa shape index (κ3) is 9.26. The first-order chi connectivity index (χ1) is 43.9. The normalized spacial score (nSPS) is 15.0. The predicted octanol–water partition coefficient (Wildman–Crippen LogP) is 17.8. The average Bonchev–Trinajstić information content (AvgIpc) is 1.53. The largest absolute Gasteiger partial charge is 0.510 e. The number of hydrogen-bond donors (Lipinski definition) is 0. The Morgan fingerprint density at radius 3 is 1.92 bits per heavy atom. The molecule has 0 bridgehead atoms. The van der Waals surface area contributed by atoms with E-state index in [1.54, 1.807) is 59.4 Å². The number of aromatic nitrogens is 5. The first-order valence-corrected chi connectivity index (χ1v) is 25.9. The molecule has 79 heavy (non-hydrogen) atoms. The fourth-order valence-corrected chi connectivity index (χ4v) is 10.5. The summed E-state index contributed by atoms with van der Waals surface area (Å²) in [6.45, 7) is 16.5. The summed E-state index contributed by atoms with van der Waals surface area (Å²) >= 11 is 0. The molecule has 0 N–H and O–H groups in total. The summed E-state index contributed by atoms with van der Waals surface area (Å²) in [5.41, 5.74) is 6.90. The zero-order valence-corrected chi connectivity index (χ0v) is 46.9. The number of ether oxygens (including phenoxy) is 1. The molecular formula is C72H61N5OPt-2. The molecule has 0 amide bonds. The standard InChI is InChI=1S/C72H61N5O.Pt/c1-47(2)38-48-36-37-73-68(39-48)77-63-33-17-14-28-60(63)69-66(76-61-31-15-12-26-58(61)59-27-13-16-32-62(59)76)44-55(45-67(69)77)78-54-25-20-24-53(43-54)74-46-75(65-35-19-18-34-64(65)74)70-56(49-22-10-9-11-23-49)29-21-30-57(70)50-40-51(71(3,4)5)42-52(41-50)72(6,7)8;/h9-37,39-42,44,47H,38H2,1-8H3;/q-2;/i9D,10D,11D,12D,13D,15D,16D,22D,23D,26D,27D,31D,32D,38D2;. The van der Waals surface area contributed by atoms with E-state index in [-0.39, 0.29) is 88.5 Å². The Bertz CT molecular complexity index is 5210. The quantitative estimate of drug-likeness (QED) is 0.101. The Hall–Kier alpha value is -8.31. The number of fused-ring (bicyclic) bond motifs is 7. The van der Waals surface area contributed by atoms with Crippen LogP contribution < -0.4 is 9.30 Å². The molecule has 0 saturated carbocycles. The van der Waals surface area contributed by atoms with Crippen LogP contribution in [0, 0.1) is 24.4 Å². The van der Waals surface area contributed by atoms with E-state index in [0.29, 0.717) is 66.7 Å². The van der Waals surface area contributed by atoms with Crippen molar-refractivity contribution >= 4 is 54.6 Å². The van der Waals surface area contributed by atoms with Crippen molar-refractivity contribution in [1.29, 1.82) is 0 Å². The van der Waals surface area contributed by atoms with E-state index in [1.807, 2.05) is 71.3 Å². The first-order valence-electron chi connectivity index (χ1n) is 33.4. The summed E-state index contributed by atoms with van der Waals surface area (Å²) in [5.74, 6) is 0.0557. The number of para-hydroxylation sites is 6. The number of nitrogens with zero attached hydrogens (tertiary/aromatic N) is 5. The maximum atomic E-state index is 9.52. The van der Waals surface area contributed by atoms with E-state index in [2.05, 4.69) is 78.2 Å². The molecule has 7 heteroatoms. The van der Waals surface area contributed by atoms with E-state index in [1.165, 1.54) is 10.8 Å². The van der Waals surface area contributed by atoms with Gasteiger partial charge in [0.25, 0.3) is 6.33 Å². The molecule has 0 spiro atoms. The van der Waals surface area contributed by atoms with Crippen molar-refractivity contribution in [2.45, 2.75) is 72.6 Å². The average molecular weight is 1220 g/mol. The van der Waals surface area contributed by atoms with E-state index >= 15 is 0 Å². The summed E-state index contributed by atoms with van der Waals surface area (Å²) in [6.07, 6.45) is 3.35. The minimum atomic E-state index is -1.79. The predicted molar refractivity (Wildman–Crippen MR) is 321 cm³/mol. The van der Waals surface area contributed by atoms with Gasteiger partial charge >= 0.3 is 0 Å². The van der Waals surface area contributed by atoms with Crippen LogP contribution in [0.3, 0.4) is 0 Å². The SMILES string of the molecule is [2H]c1c([2H])c([2H])c(-c2cccc(-c3cc(C(C)(C)C)cc(C(C)(C)C)c3)c2-[n+]2[c-]n(-c3[c-]c(Oc4[c-]c5c(c(-n6c7c([2H])c([2H])c([2H])c([2H])c7c7c([2H])c([2H])c([2H])c([2H])c76)c4)c4ccccc4n5-c4cc(C([2H])([2H])C(C)C)ccn4)ccc3)c3ccccc32)c([2H])c1[2H].[Pt]. The summed E-state index contributed by atoms with van der Waals surface area (Å²) in [7, 11) is 0. The van der Waals surface area contributed by atoms with Gasteiger partial charge in [-0.15, -0.1) is 24.3 Å². The molecule has 0 aliphatic rings. The third-order valence-electron chi connectivity index (χ3n) is 14.1. The number of pyridine rings is 1. The number of imidazole rings is 1. The number of rotatable bonds is 10. The van der Waals surface area contributed by atoms with E-state index in [4.69, 9.17) is 22.1 Å². The van der Waals surface area contributed by atoms with Crippen LogP contribution in [0.1, 0.15) is 92.6 Å². The first kappa shape index (κ1) is 36.7. The number of hydrogen-bond acceptors (Lipinski definition) is 2. The fraction of sp³-hybridized carbons (Fsp3) is 0.167. The van der Waals surface area contributed by atoms with Gasteiger partial charge in [-0.05, 0) is 109 Å². The van der Waals surface area contributed by atoms with Gasteiger partial charge in [0.15, 0.2) is 0 Å². The van der Waals surface area contributed by atoms with E-state index < -0.39 is 78.8 Å². The van der Waals surface area contributed by atoms with Crippen molar-refractivity contribution in [1.82, 2.24) is 18.7 Å². The summed E-state index contributed by atoms with van der Waals surface area (Å²) in [4.78, 5) is 4.81. The van der Waals surface area contributed by atoms with Gasteiger partial charge in [-0.3, -0.25) is 4.57 Å². The topological polar surface area (TPSA) is 40.8 Å². The minimum Gasteiger partial charge on any atom is -0.510 e. The van der Waals surface area contributed by atoms with E-state index in [9.17, 15) is 8.22 Å². The Morgan fingerprint density at radius 2 is 1.23 bits per heavy atom. The molecule has 4 heterocycles. The van der Waals surface area contributed by atoms with Crippen molar-refractivity contribution in [2.24, 2.45) is 5.92 Å². The maximum absolute atomic E-state index is 9.52. The molecule has 0 aliphatic heterocycles. The molecule has 0 unspecified atom stereocenters.